The first-order valence-corrected chi connectivity index (χ1v) is 10.6. The number of nitrogens with zero attached hydrogens (tertiary/aromatic N) is 3. The molecule has 3 aromatic rings. The molecule has 0 amide bonds. The highest BCUT2D eigenvalue weighted by Gasteiger charge is 2.38. The monoisotopic (exact) mass is 471 g/mol. The van der Waals surface area contributed by atoms with Gasteiger partial charge in [-0.15, -0.1) is 12.4 Å². The number of benzene rings is 1. The number of nitrogens with one attached hydrogen (secondary N) is 1. The lowest BCUT2D eigenvalue weighted by Crippen LogP contribution is -2.53. The molecule has 0 saturated heterocycles. The van der Waals surface area contributed by atoms with Gasteiger partial charge in [0, 0.05) is 29.4 Å². The van der Waals surface area contributed by atoms with Crippen LogP contribution in [-0.4, -0.2) is 42.6 Å². The Balaban J connectivity index is 0.00000259. The van der Waals surface area contributed by atoms with Crippen LogP contribution in [0.2, 0.25) is 0 Å². The minimum Gasteiger partial charge on any atom is -0.493 e. The summed E-state index contributed by atoms with van der Waals surface area (Å²) in [5, 5.41) is 4.11. The standard InChI is InChI=1S/C23H25N5O4.ClH/c1-30-19-10-13-15(11-20(19)31-2)26-23(27-22(13)24)28-16-7-4-3-6-14(16)25-12-17(28)21(29)18-8-5-9-32-18;/h5,8-11,17,25H,3-4,6-7,12H2,1-2H3,(H2,24,26,27);1H. The minimum atomic E-state index is -0.546. The Morgan fingerprint density at radius 3 is 2.67 bits per heavy atom. The molecule has 0 fully saturated rings. The van der Waals surface area contributed by atoms with Crippen LogP contribution in [0.5, 0.6) is 11.5 Å². The van der Waals surface area contributed by atoms with Crippen molar-refractivity contribution in [2.75, 3.05) is 31.4 Å². The van der Waals surface area contributed by atoms with Gasteiger partial charge in [0.05, 0.1) is 26.0 Å². The zero-order valence-corrected chi connectivity index (χ0v) is 19.3. The number of anilines is 2. The van der Waals surface area contributed by atoms with Gasteiger partial charge in [0.15, 0.2) is 17.3 Å². The molecule has 3 heterocycles. The van der Waals surface area contributed by atoms with Crippen LogP contribution in [0.15, 0.2) is 46.3 Å². The van der Waals surface area contributed by atoms with Crippen LogP contribution < -0.4 is 25.4 Å². The van der Waals surface area contributed by atoms with Crippen molar-refractivity contribution in [3.8, 4) is 11.5 Å². The molecule has 1 unspecified atom stereocenters. The molecule has 174 valence electrons. The number of furan rings is 1. The Morgan fingerprint density at radius 1 is 1.18 bits per heavy atom. The molecule has 0 saturated carbocycles. The van der Waals surface area contributed by atoms with Gasteiger partial charge in [-0.1, -0.05) is 0 Å². The number of carbonyl (C=O) groups is 1. The Kier molecular flexibility index (Phi) is 6.33. The fraction of sp³-hybridized carbons (Fsp3) is 0.348. The fourth-order valence-corrected chi connectivity index (χ4v) is 4.47. The van der Waals surface area contributed by atoms with Gasteiger partial charge in [0.1, 0.15) is 11.9 Å². The molecule has 2 aliphatic rings. The molecule has 1 atom stereocenters. The number of carbonyl (C=O) groups excluding carboxylic acids is 1. The summed E-state index contributed by atoms with van der Waals surface area (Å²) in [4.78, 5) is 24.7. The maximum Gasteiger partial charge on any atom is 0.233 e. The molecule has 9 nitrogen and oxygen atoms in total. The molecule has 10 heteroatoms. The van der Waals surface area contributed by atoms with E-state index < -0.39 is 6.04 Å². The van der Waals surface area contributed by atoms with E-state index >= 15 is 0 Å². The van der Waals surface area contributed by atoms with Crippen LogP contribution in [0.3, 0.4) is 0 Å². The average Bonchev–Trinajstić information content (AvgIpc) is 3.37. The van der Waals surface area contributed by atoms with E-state index in [4.69, 9.17) is 24.6 Å². The van der Waals surface area contributed by atoms with Gasteiger partial charge in [0.25, 0.3) is 0 Å². The first-order valence-electron chi connectivity index (χ1n) is 10.6. The lowest BCUT2D eigenvalue weighted by Gasteiger charge is -2.40. The number of Topliss-reactive ketones (excluding diaryl/α,β-unsaturated/α-hetero) is 1. The van der Waals surface area contributed by atoms with E-state index in [1.807, 2.05) is 4.90 Å². The molecule has 33 heavy (non-hydrogen) atoms. The number of ether oxygens (including phenoxy) is 2. The van der Waals surface area contributed by atoms with Gasteiger partial charge >= 0.3 is 0 Å². The van der Waals surface area contributed by atoms with E-state index in [-0.39, 0.29) is 18.2 Å². The van der Waals surface area contributed by atoms with Gasteiger partial charge in [-0.2, -0.15) is 4.98 Å². The lowest BCUT2D eigenvalue weighted by atomic mass is 9.95. The van der Waals surface area contributed by atoms with Crippen molar-refractivity contribution in [2.45, 2.75) is 31.7 Å². The first kappa shape index (κ1) is 22.7. The second-order valence-electron chi connectivity index (χ2n) is 7.87. The predicted octanol–water partition coefficient (Wildman–Crippen LogP) is 3.69. The molecule has 3 N–H and O–H groups in total. The number of hydrogen-bond acceptors (Lipinski definition) is 9. The fourth-order valence-electron chi connectivity index (χ4n) is 4.47. The van der Waals surface area contributed by atoms with E-state index in [9.17, 15) is 4.79 Å². The summed E-state index contributed by atoms with van der Waals surface area (Å²) in [6, 6.07) is 6.38. The summed E-state index contributed by atoms with van der Waals surface area (Å²) in [6.07, 6.45) is 5.41. The maximum absolute atomic E-state index is 13.3. The topological polar surface area (TPSA) is 116 Å². The largest absolute Gasteiger partial charge is 0.493 e. The quantitative estimate of drug-likeness (QED) is 0.537. The Morgan fingerprint density at radius 2 is 1.94 bits per heavy atom. The normalized spacial score (nSPS) is 17.8. The van der Waals surface area contributed by atoms with Crippen LogP contribution in [0.4, 0.5) is 11.8 Å². The lowest BCUT2D eigenvalue weighted by molar-refractivity contribution is 0.0928. The summed E-state index contributed by atoms with van der Waals surface area (Å²) in [6.45, 7) is 0.436. The smallest absolute Gasteiger partial charge is 0.233 e. The van der Waals surface area contributed by atoms with Crippen molar-refractivity contribution in [3.05, 3.63) is 47.7 Å². The number of methoxy groups -OCH3 is 2. The van der Waals surface area contributed by atoms with Crippen molar-refractivity contribution in [1.82, 2.24) is 15.3 Å². The summed E-state index contributed by atoms with van der Waals surface area (Å²) in [5.74, 6) is 1.98. The average molecular weight is 472 g/mol. The van der Waals surface area contributed by atoms with Crippen LogP contribution >= 0.6 is 12.4 Å². The van der Waals surface area contributed by atoms with E-state index in [0.29, 0.717) is 46.5 Å². The van der Waals surface area contributed by atoms with Gasteiger partial charge < -0.3 is 24.9 Å². The number of halogens is 1. The van der Waals surface area contributed by atoms with Crippen LogP contribution in [0.1, 0.15) is 36.2 Å². The molecule has 1 aromatic carbocycles. The van der Waals surface area contributed by atoms with Crippen molar-refractivity contribution in [1.29, 1.82) is 0 Å². The SMILES string of the molecule is COc1cc2nc(N3C4=C(CCCC4)NCC3C(=O)c3ccco3)nc(N)c2cc1OC.Cl. The summed E-state index contributed by atoms with van der Waals surface area (Å²) in [5.41, 5.74) is 9.14. The molecule has 5 rings (SSSR count). The van der Waals surface area contributed by atoms with Crippen molar-refractivity contribution >= 4 is 40.9 Å². The molecule has 2 aromatic heterocycles. The number of aromatic nitrogens is 2. The number of fused-ring (bicyclic) bond motifs is 1. The Hall–Kier alpha value is -3.46. The third-order valence-corrected chi connectivity index (χ3v) is 6.05. The van der Waals surface area contributed by atoms with Gasteiger partial charge in [-0.05, 0) is 43.9 Å². The van der Waals surface area contributed by atoms with Gasteiger partial charge in [0.2, 0.25) is 11.7 Å². The third kappa shape index (κ3) is 3.93. The Bertz CT molecular complexity index is 1210. The third-order valence-electron chi connectivity index (χ3n) is 6.05. The summed E-state index contributed by atoms with van der Waals surface area (Å²) < 4.78 is 16.2. The zero-order valence-electron chi connectivity index (χ0n) is 18.5. The van der Waals surface area contributed by atoms with E-state index in [1.54, 1.807) is 38.5 Å². The maximum atomic E-state index is 13.3. The molecular weight excluding hydrogens is 446 g/mol. The van der Waals surface area contributed by atoms with Gasteiger partial charge in [-0.3, -0.25) is 9.69 Å². The molecule has 1 aliphatic carbocycles. The first-order chi connectivity index (χ1) is 15.6. The van der Waals surface area contributed by atoms with Crippen molar-refractivity contribution < 1.29 is 18.7 Å². The van der Waals surface area contributed by atoms with Crippen molar-refractivity contribution in [3.63, 3.8) is 0 Å². The van der Waals surface area contributed by atoms with Crippen LogP contribution in [0.25, 0.3) is 10.9 Å². The number of allylic oxidation sites excluding steroid dienone is 2. The van der Waals surface area contributed by atoms with E-state index in [0.717, 1.165) is 37.1 Å². The van der Waals surface area contributed by atoms with Crippen LogP contribution in [-0.2, 0) is 0 Å². The number of nitrogens with two attached hydrogens (primary N) is 1. The number of rotatable bonds is 5. The molecule has 1 aliphatic heterocycles. The summed E-state index contributed by atoms with van der Waals surface area (Å²) >= 11 is 0. The second kappa shape index (κ2) is 9.19. The van der Waals surface area contributed by atoms with Gasteiger partial charge in [-0.25, -0.2) is 4.98 Å². The highest BCUT2D eigenvalue weighted by atomic mass is 35.5. The minimum absolute atomic E-state index is 0. The highest BCUT2D eigenvalue weighted by Crippen LogP contribution is 2.37. The van der Waals surface area contributed by atoms with E-state index in [2.05, 4.69) is 10.3 Å². The summed E-state index contributed by atoms with van der Waals surface area (Å²) in [7, 11) is 3.14. The number of hydrogen-bond donors (Lipinski definition) is 2. The number of ketones is 1. The zero-order chi connectivity index (χ0) is 22.2. The molecule has 0 radical (unpaired) electrons. The van der Waals surface area contributed by atoms with E-state index in [1.165, 1.54) is 6.26 Å². The van der Waals surface area contributed by atoms with Crippen LogP contribution in [0, 0.1) is 0 Å². The van der Waals surface area contributed by atoms with Crippen molar-refractivity contribution in [2.24, 2.45) is 0 Å². The second-order valence-corrected chi connectivity index (χ2v) is 7.87. The Labute approximate surface area is 197 Å². The molecule has 0 bridgehead atoms. The predicted molar refractivity (Wildman–Crippen MR) is 127 cm³/mol. The number of nitrogen functional groups attached to an aromatic ring is 1. The molecule has 0 spiro atoms. The molecular formula is C23H26ClN5O4. The highest BCUT2D eigenvalue weighted by molar-refractivity contribution is 6.01.